The molecular formula is C6H14O6S. The van der Waals surface area contributed by atoms with E-state index in [0.717, 1.165) is 0 Å². The molecule has 13 heavy (non-hydrogen) atoms. The highest BCUT2D eigenvalue weighted by Crippen LogP contribution is 1.84. The molecule has 0 amide bonds. The van der Waals surface area contributed by atoms with Crippen LogP contribution in [0.4, 0.5) is 0 Å². The molecule has 0 saturated carbocycles. The van der Waals surface area contributed by atoms with Crippen molar-refractivity contribution in [2.75, 3.05) is 38.8 Å². The van der Waals surface area contributed by atoms with Crippen molar-refractivity contribution in [3.63, 3.8) is 0 Å². The van der Waals surface area contributed by atoms with Gasteiger partial charge < -0.3 is 14.6 Å². The van der Waals surface area contributed by atoms with E-state index in [1.165, 1.54) is 0 Å². The Morgan fingerprint density at radius 2 is 1.54 bits per heavy atom. The Hall–Kier alpha value is -0.210. The van der Waals surface area contributed by atoms with Crippen LogP contribution in [0.5, 0.6) is 0 Å². The summed E-state index contributed by atoms with van der Waals surface area (Å²) in [6, 6.07) is 0. The second-order valence-corrected chi connectivity index (χ2v) is 3.81. The van der Waals surface area contributed by atoms with Gasteiger partial charge in [0.25, 0.3) is 10.1 Å². The molecule has 2 N–H and O–H groups in total. The van der Waals surface area contributed by atoms with Gasteiger partial charge in [0.2, 0.25) is 0 Å². The van der Waals surface area contributed by atoms with E-state index in [1.54, 1.807) is 0 Å². The first-order chi connectivity index (χ1) is 6.06. The maximum absolute atomic E-state index is 10.2. The van der Waals surface area contributed by atoms with Crippen molar-refractivity contribution in [2.45, 2.75) is 0 Å². The topological polar surface area (TPSA) is 93.1 Å². The van der Waals surface area contributed by atoms with Gasteiger partial charge in [-0.15, -0.1) is 0 Å². The SMILES string of the molecule is O=S(=O)(O)CCOCCOCCO. The van der Waals surface area contributed by atoms with Crippen LogP contribution in [0.1, 0.15) is 0 Å². The molecule has 0 unspecified atom stereocenters. The fourth-order valence-electron chi connectivity index (χ4n) is 0.551. The summed E-state index contributed by atoms with van der Waals surface area (Å²) in [5.41, 5.74) is 0. The summed E-state index contributed by atoms with van der Waals surface area (Å²) in [5, 5.41) is 8.30. The summed E-state index contributed by atoms with van der Waals surface area (Å²) >= 11 is 0. The van der Waals surface area contributed by atoms with Crippen molar-refractivity contribution < 1.29 is 27.6 Å². The van der Waals surface area contributed by atoms with Gasteiger partial charge in [-0.05, 0) is 0 Å². The predicted molar refractivity (Wildman–Crippen MR) is 45.1 cm³/mol. The molecule has 0 spiro atoms. The molecule has 0 aliphatic carbocycles. The Bertz CT molecular complexity index is 199. The van der Waals surface area contributed by atoms with Crippen LogP contribution in [0.25, 0.3) is 0 Å². The summed E-state index contributed by atoms with van der Waals surface area (Å²) < 4.78 is 38.3. The Morgan fingerprint density at radius 1 is 1.00 bits per heavy atom. The van der Waals surface area contributed by atoms with Gasteiger partial charge in [-0.1, -0.05) is 0 Å². The summed E-state index contributed by atoms with van der Waals surface area (Å²) in [5.74, 6) is -0.410. The van der Waals surface area contributed by atoms with E-state index >= 15 is 0 Å². The Kier molecular flexibility index (Phi) is 7.10. The second kappa shape index (κ2) is 7.22. The zero-order valence-corrected chi connectivity index (χ0v) is 7.99. The molecule has 80 valence electrons. The quantitative estimate of drug-likeness (QED) is 0.393. The van der Waals surface area contributed by atoms with Crippen molar-refractivity contribution in [1.82, 2.24) is 0 Å². The Morgan fingerprint density at radius 3 is 2.00 bits per heavy atom. The number of ether oxygens (including phenoxy) is 2. The zero-order valence-electron chi connectivity index (χ0n) is 7.18. The van der Waals surface area contributed by atoms with Gasteiger partial charge in [0.1, 0.15) is 0 Å². The van der Waals surface area contributed by atoms with Crippen LogP contribution in [0, 0.1) is 0 Å². The molecular weight excluding hydrogens is 200 g/mol. The molecule has 0 radical (unpaired) electrons. The number of hydrogen-bond acceptors (Lipinski definition) is 5. The fraction of sp³-hybridized carbons (Fsp3) is 1.00. The van der Waals surface area contributed by atoms with Crippen LogP contribution < -0.4 is 0 Å². The number of aliphatic hydroxyl groups excluding tert-OH is 1. The molecule has 0 aliphatic rings. The minimum absolute atomic E-state index is 0.0506. The molecule has 0 atom stereocenters. The Labute approximate surface area is 77.2 Å². The molecule has 0 aliphatic heterocycles. The second-order valence-electron chi connectivity index (χ2n) is 2.23. The Balaban J connectivity index is 3.09. The molecule has 7 heteroatoms. The number of hydrogen-bond donors (Lipinski definition) is 2. The van der Waals surface area contributed by atoms with E-state index in [1.807, 2.05) is 0 Å². The van der Waals surface area contributed by atoms with E-state index in [0.29, 0.717) is 6.61 Å². The van der Waals surface area contributed by atoms with Crippen molar-refractivity contribution in [2.24, 2.45) is 0 Å². The summed E-state index contributed by atoms with van der Waals surface area (Å²) in [6.07, 6.45) is 0. The minimum Gasteiger partial charge on any atom is -0.394 e. The molecule has 6 nitrogen and oxygen atoms in total. The monoisotopic (exact) mass is 214 g/mol. The smallest absolute Gasteiger partial charge is 0.267 e. The molecule has 0 aromatic heterocycles. The third-order valence-corrected chi connectivity index (χ3v) is 1.78. The van der Waals surface area contributed by atoms with Crippen molar-refractivity contribution >= 4 is 10.1 Å². The van der Waals surface area contributed by atoms with Gasteiger partial charge in [0, 0.05) is 0 Å². The molecule has 0 bridgehead atoms. The molecule has 0 heterocycles. The van der Waals surface area contributed by atoms with Crippen LogP contribution in [0.15, 0.2) is 0 Å². The van der Waals surface area contributed by atoms with E-state index in [9.17, 15) is 8.42 Å². The van der Waals surface area contributed by atoms with Crippen molar-refractivity contribution in [1.29, 1.82) is 0 Å². The van der Waals surface area contributed by atoms with E-state index in [4.69, 9.17) is 19.1 Å². The van der Waals surface area contributed by atoms with E-state index in [-0.39, 0.29) is 26.4 Å². The van der Waals surface area contributed by atoms with E-state index in [2.05, 4.69) is 0 Å². The molecule has 0 aromatic rings. The lowest BCUT2D eigenvalue weighted by Crippen LogP contribution is -2.13. The lowest BCUT2D eigenvalue weighted by Gasteiger charge is -2.03. The molecule has 0 saturated heterocycles. The molecule has 0 aromatic carbocycles. The van der Waals surface area contributed by atoms with Gasteiger partial charge >= 0.3 is 0 Å². The van der Waals surface area contributed by atoms with Crippen LogP contribution in [0.3, 0.4) is 0 Å². The fourth-order valence-corrected chi connectivity index (χ4v) is 0.879. The largest absolute Gasteiger partial charge is 0.394 e. The van der Waals surface area contributed by atoms with Crippen LogP contribution in [0.2, 0.25) is 0 Å². The normalized spacial score (nSPS) is 11.8. The first-order valence-electron chi connectivity index (χ1n) is 3.78. The highest BCUT2D eigenvalue weighted by Gasteiger charge is 2.02. The molecule has 0 fully saturated rings. The third-order valence-electron chi connectivity index (χ3n) is 1.09. The van der Waals surface area contributed by atoms with E-state index < -0.39 is 15.9 Å². The lowest BCUT2D eigenvalue weighted by atomic mass is 10.7. The standard InChI is InChI=1S/C6H14O6S/c7-1-2-11-3-4-12-5-6-13(8,9)10/h7H,1-6H2,(H,8,9,10). The first-order valence-corrected chi connectivity index (χ1v) is 5.38. The van der Waals surface area contributed by atoms with Gasteiger partial charge in [0.05, 0.1) is 38.8 Å². The van der Waals surface area contributed by atoms with Gasteiger partial charge in [-0.2, -0.15) is 8.42 Å². The van der Waals surface area contributed by atoms with Gasteiger partial charge in [-0.3, -0.25) is 4.55 Å². The lowest BCUT2D eigenvalue weighted by molar-refractivity contribution is 0.0373. The van der Waals surface area contributed by atoms with Crippen molar-refractivity contribution in [3.8, 4) is 0 Å². The molecule has 0 rings (SSSR count). The van der Waals surface area contributed by atoms with Gasteiger partial charge in [-0.25, -0.2) is 0 Å². The minimum atomic E-state index is -3.93. The van der Waals surface area contributed by atoms with Crippen LogP contribution >= 0.6 is 0 Å². The zero-order chi connectivity index (χ0) is 10.2. The first kappa shape index (κ1) is 12.8. The summed E-state index contributed by atoms with van der Waals surface area (Å²) in [6.45, 7) is 0.676. The predicted octanol–water partition coefficient (Wildman–Crippen LogP) is -1.10. The van der Waals surface area contributed by atoms with Gasteiger partial charge in [0.15, 0.2) is 0 Å². The maximum atomic E-state index is 10.2. The third kappa shape index (κ3) is 11.8. The van der Waals surface area contributed by atoms with Crippen LogP contribution in [-0.2, 0) is 19.6 Å². The average molecular weight is 214 g/mol. The van der Waals surface area contributed by atoms with Crippen LogP contribution in [-0.4, -0.2) is 56.9 Å². The average Bonchev–Trinajstić information content (AvgIpc) is 2.01. The highest BCUT2D eigenvalue weighted by molar-refractivity contribution is 7.85. The number of aliphatic hydroxyl groups is 1. The number of rotatable bonds is 8. The summed E-state index contributed by atoms with van der Waals surface area (Å²) in [4.78, 5) is 0. The van der Waals surface area contributed by atoms with Crippen molar-refractivity contribution in [3.05, 3.63) is 0 Å². The maximum Gasteiger partial charge on any atom is 0.267 e. The highest BCUT2D eigenvalue weighted by atomic mass is 32.2. The summed E-state index contributed by atoms with van der Waals surface area (Å²) in [7, 11) is -3.93.